The molecule has 2 aromatic rings. The van der Waals surface area contributed by atoms with Crippen molar-refractivity contribution in [3.05, 3.63) is 48.2 Å². The summed E-state index contributed by atoms with van der Waals surface area (Å²) in [6, 6.07) is 12.0. The molecular weight excluding hydrogens is 238 g/mol. The smallest absolute Gasteiger partial charge is 0.132 e. The van der Waals surface area contributed by atoms with Gasteiger partial charge in [-0.3, -0.25) is 0 Å². The first kappa shape index (κ1) is 13.4. The van der Waals surface area contributed by atoms with Crippen molar-refractivity contribution in [2.45, 2.75) is 6.54 Å². The van der Waals surface area contributed by atoms with Gasteiger partial charge in [0.05, 0.1) is 7.11 Å². The van der Waals surface area contributed by atoms with Gasteiger partial charge in [0.15, 0.2) is 0 Å². The van der Waals surface area contributed by atoms with E-state index >= 15 is 0 Å². The van der Waals surface area contributed by atoms with Crippen LogP contribution in [0.3, 0.4) is 0 Å². The van der Waals surface area contributed by atoms with Crippen molar-refractivity contribution >= 4 is 11.5 Å². The summed E-state index contributed by atoms with van der Waals surface area (Å²) in [6.07, 6.45) is 1.89. The van der Waals surface area contributed by atoms with Crippen molar-refractivity contribution in [2.24, 2.45) is 0 Å². The van der Waals surface area contributed by atoms with Crippen molar-refractivity contribution in [3.8, 4) is 5.75 Å². The van der Waals surface area contributed by atoms with Gasteiger partial charge in [-0.15, -0.1) is 0 Å². The molecular formula is C15H19N3O. The second-order valence-corrected chi connectivity index (χ2v) is 4.31. The molecule has 1 aromatic carbocycles. The number of aromatic nitrogens is 1. The Balaban J connectivity index is 2.15. The Labute approximate surface area is 114 Å². The van der Waals surface area contributed by atoms with E-state index in [4.69, 9.17) is 4.74 Å². The standard InChI is InChI=1S/C15H19N3O/c1-16-10-12-4-9-15(17-11-12)18(2)13-5-7-14(19-3)8-6-13/h4-9,11,16H,10H2,1-3H3. The maximum atomic E-state index is 5.16. The van der Waals surface area contributed by atoms with Crippen LogP contribution in [0.5, 0.6) is 5.75 Å². The topological polar surface area (TPSA) is 37.4 Å². The van der Waals surface area contributed by atoms with E-state index in [1.54, 1.807) is 7.11 Å². The number of anilines is 2. The summed E-state index contributed by atoms with van der Waals surface area (Å²) in [6.45, 7) is 0.833. The van der Waals surface area contributed by atoms with Crippen LogP contribution in [0.1, 0.15) is 5.56 Å². The Bertz CT molecular complexity index is 508. The maximum absolute atomic E-state index is 5.16. The summed E-state index contributed by atoms with van der Waals surface area (Å²) in [5.41, 5.74) is 2.25. The molecule has 2 rings (SSSR count). The second kappa shape index (κ2) is 6.20. The Hall–Kier alpha value is -2.07. The Morgan fingerprint density at radius 1 is 1.16 bits per heavy atom. The van der Waals surface area contributed by atoms with Gasteiger partial charge in [-0.1, -0.05) is 6.07 Å². The van der Waals surface area contributed by atoms with Crippen molar-refractivity contribution in [1.82, 2.24) is 10.3 Å². The van der Waals surface area contributed by atoms with Crippen LogP contribution in [0.2, 0.25) is 0 Å². The summed E-state index contributed by atoms with van der Waals surface area (Å²) in [5.74, 6) is 1.78. The average Bonchev–Trinajstić information content (AvgIpc) is 2.48. The molecule has 0 saturated heterocycles. The molecule has 0 atom stereocenters. The normalized spacial score (nSPS) is 10.3. The molecule has 4 heteroatoms. The average molecular weight is 257 g/mol. The lowest BCUT2D eigenvalue weighted by Crippen LogP contribution is -2.12. The zero-order valence-electron chi connectivity index (χ0n) is 11.6. The molecule has 1 heterocycles. The third-order valence-corrected chi connectivity index (χ3v) is 2.99. The van der Waals surface area contributed by atoms with Crippen molar-refractivity contribution in [1.29, 1.82) is 0 Å². The van der Waals surface area contributed by atoms with Crippen molar-refractivity contribution in [2.75, 3.05) is 26.1 Å². The van der Waals surface area contributed by atoms with Gasteiger partial charge in [-0.05, 0) is 42.9 Å². The predicted octanol–water partition coefficient (Wildman–Crippen LogP) is 2.58. The molecule has 4 nitrogen and oxygen atoms in total. The van der Waals surface area contributed by atoms with Gasteiger partial charge in [0.1, 0.15) is 11.6 Å². The van der Waals surface area contributed by atoms with E-state index < -0.39 is 0 Å². The fourth-order valence-corrected chi connectivity index (χ4v) is 1.86. The molecule has 19 heavy (non-hydrogen) atoms. The molecule has 0 bridgehead atoms. The minimum atomic E-state index is 0.833. The van der Waals surface area contributed by atoms with Gasteiger partial charge in [0.25, 0.3) is 0 Å². The summed E-state index contributed by atoms with van der Waals surface area (Å²) >= 11 is 0. The highest BCUT2D eigenvalue weighted by Crippen LogP contribution is 2.23. The molecule has 0 aliphatic rings. The highest BCUT2D eigenvalue weighted by molar-refractivity contribution is 5.59. The first-order valence-electron chi connectivity index (χ1n) is 6.22. The van der Waals surface area contributed by atoms with Gasteiger partial charge in [0.2, 0.25) is 0 Å². The number of nitrogens with one attached hydrogen (secondary N) is 1. The van der Waals surface area contributed by atoms with Gasteiger partial charge in [-0.2, -0.15) is 0 Å². The first-order chi connectivity index (χ1) is 9.24. The Morgan fingerprint density at radius 2 is 1.89 bits per heavy atom. The number of methoxy groups -OCH3 is 1. The van der Waals surface area contributed by atoms with E-state index in [2.05, 4.69) is 16.4 Å². The van der Waals surface area contributed by atoms with Crippen molar-refractivity contribution < 1.29 is 4.74 Å². The Kier molecular flexibility index (Phi) is 4.36. The molecule has 0 aliphatic heterocycles. The van der Waals surface area contributed by atoms with E-state index in [9.17, 15) is 0 Å². The molecule has 1 N–H and O–H groups in total. The molecule has 100 valence electrons. The number of hydrogen-bond donors (Lipinski definition) is 1. The second-order valence-electron chi connectivity index (χ2n) is 4.31. The lowest BCUT2D eigenvalue weighted by atomic mass is 10.2. The van der Waals surface area contributed by atoms with Crippen LogP contribution < -0.4 is 15.0 Å². The van der Waals surface area contributed by atoms with E-state index in [1.165, 1.54) is 5.56 Å². The number of rotatable bonds is 5. The monoisotopic (exact) mass is 257 g/mol. The third kappa shape index (κ3) is 3.23. The van der Waals surface area contributed by atoms with Crippen LogP contribution in [0.25, 0.3) is 0 Å². The van der Waals surface area contributed by atoms with Gasteiger partial charge in [0, 0.05) is 25.5 Å². The van der Waals surface area contributed by atoms with E-state index in [-0.39, 0.29) is 0 Å². The summed E-state index contributed by atoms with van der Waals surface area (Å²) in [5, 5.41) is 3.11. The summed E-state index contributed by atoms with van der Waals surface area (Å²) in [7, 11) is 5.60. The Morgan fingerprint density at radius 3 is 2.42 bits per heavy atom. The van der Waals surface area contributed by atoms with Gasteiger partial charge >= 0.3 is 0 Å². The molecule has 0 fully saturated rings. The highest BCUT2D eigenvalue weighted by atomic mass is 16.5. The quantitative estimate of drug-likeness (QED) is 0.893. The minimum absolute atomic E-state index is 0.833. The number of nitrogens with zero attached hydrogens (tertiary/aromatic N) is 2. The van der Waals surface area contributed by atoms with E-state index in [0.717, 1.165) is 23.8 Å². The van der Waals surface area contributed by atoms with Crippen LogP contribution >= 0.6 is 0 Å². The SMILES string of the molecule is CNCc1ccc(N(C)c2ccc(OC)cc2)nc1. The van der Waals surface area contributed by atoms with Crippen LogP contribution in [-0.4, -0.2) is 26.2 Å². The summed E-state index contributed by atoms with van der Waals surface area (Å²) < 4.78 is 5.16. The molecule has 0 aliphatic carbocycles. The number of benzene rings is 1. The van der Waals surface area contributed by atoms with Crippen LogP contribution in [-0.2, 0) is 6.54 Å². The zero-order valence-corrected chi connectivity index (χ0v) is 11.6. The summed E-state index contributed by atoms with van der Waals surface area (Å²) in [4.78, 5) is 6.52. The lowest BCUT2D eigenvalue weighted by molar-refractivity contribution is 0.415. The van der Waals surface area contributed by atoms with Gasteiger partial charge < -0.3 is 15.0 Å². The number of pyridine rings is 1. The zero-order chi connectivity index (χ0) is 13.7. The van der Waals surface area contributed by atoms with Crippen LogP contribution in [0.4, 0.5) is 11.5 Å². The van der Waals surface area contributed by atoms with Crippen LogP contribution in [0, 0.1) is 0 Å². The van der Waals surface area contributed by atoms with Crippen molar-refractivity contribution in [3.63, 3.8) is 0 Å². The first-order valence-corrected chi connectivity index (χ1v) is 6.22. The fourth-order valence-electron chi connectivity index (χ4n) is 1.86. The number of ether oxygens (including phenoxy) is 1. The third-order valence-electron chi connectivity index (χ3n) is 2.99. The maximum Gasteiger partial charge on any atom is 0.132 e. The fraction of sp³-hybridized carbons (Fsp3) is 0.267. The highest BCUT2D eigenvalue weighted by Gasteiger charge is 2.05. The number of hydrogen-bond acceptors (Lipinski definition) is 4. The van der Waals surface area contributed by atoms with Crippen LogP contribution in [0.15, 0.2) is 42.6 Å². The van der Waals surface area contributed by atoms with E-state index in [0.29, 0.717) is 0 Å². The molecule has 1 aromatic heterocycles. The molecule has 0 spiro atoms. The minimum Gasteiger partial charge on any atom is -0.497 e. The largest absolute Gasteiger partial charge is 0.497 e. The lowest BCUT2D eigenvalue weighted by Gasteiger charge is -2.18. The van der Waals surface area contributed by atoms with Gasteiger partial charge in [-0.25, -0.2) is 4.98 Å². The molecule has 0 radical (unpaired) electrons. The molecule has 0 amide bonds. The molecule has 0 unspecified atom stereocenters. The molecule has 0 saturated carbocycles. The predicted molar refractivity (Wildman–Crippen MR) is 78.1 cm³/mol. The van der Waals surface area contributed by atoms with E-state index in [1.807, 2.05) is 55.5 Å².